The van der Waals surface area contributed by atoms with E-state index in [1.165, 1.54) is 18.2 Å². The summed E-state index contributed by atoms with van der Waals surface area (Å²) in [5.41, 5.74) is 1.69. The molecule has 8 heteroatoms. The lowest BCUT2D eigenvalue weighted by Gasteiger charge is -2.31. The number of rotatable bonds is 9. The number of nitrogens with zero attached hydrogens (tertiary/aromatic N) is 1. The highest BCUT2D eigenvalue weighted by Crippen LogP contribution is 2.28. The molecule has 1 aliphatic carbocycles. The van der Waals surface area contributed by atoms with Crippen molar-refractivity contribution >= 4 is 58.4 Å². The monoisotopic (exact) mass is 526 g/mol. The van der Waals surface area contributed by atoms with Gasteiger partial charge in [0, 0.05) is 33.4 Å². The van der Waals surface area contributed by atoms with Crippen molar-refractivity contribution < 1.29 is 9.59 Å². The number of nitrogens with one attached hydrogen (secondary N) is 1. The largest absolute Gasteiger partial charge is 0.352 e. The normalized spacial score (nSPS) is 15.2. The molecule has 0 unspecified atom stereocenters. The Hall–Kier alpha value is -1.40. The molecule has 1 saturated carbocycles. The van der Waals surface area contributed by atoms with Crippen molar-refractivity contribution in [2.75, 3.05) is 5.75 Å². The minimum atomic E-state index is -0.595. The van der Waals surface area contributed by atoms with Crippen LogP contribution in [0.1, 0.15) is 50.2 Å². The van der Waals surface area contributed by atoms with Crippen LogP contribution in [0.3, 0.4) is 0 Å². The summed E-state index contributed by atoms with van der Waals surface area (Å²) in [7, 11) is 0. The number of carbonyl (C=O) groups excluding carboxylic acids is 2. The van der Waals surface area contributed by atoms with E-state index in [2.05, 4.69) is 5.32 Å². The summed E-state index contributed by atoms with van der Waals surface area (Å²) >= 11 is 20.1. The molecule has 2 aromatic rings. The fourth-order valence-corrected chi connectivity index (χ4v) is 5.84. The van der Waals surface area contributed by atoms with Crippen molar-refractivity contribution in [3.8, 4) is 0 Å². The van der Waals surface area contributed by atoms with Gasteiger partial charge in [-0.3, -0.25) is 9.59 Å². The van der Waals surface area contributed by atoms with Gasteiger partial charge in [-0.25, -0.2) is 0 Å². The fourth-order valence-electron chi connectivity index (χ4n) is 3.98. The molecule has 2 amide bonds. The van der Waals surface area contributed by atoms with Gasteiger partial charge in [0.2, 0.25) is 11.8 Å². The zero-order chi connectivity index (χ0) is 23.8. The van der Waals surface area contributed by atoms with Crippen molar-refractivity contribution in [3.05, 3.63) is 68.7 Å². The van der Waals surface area contributed by atoms with Crippen LogP contribution in [0.25, 0.3) is 0 Å². The van der Waals surface area contributed by atoms with Crippen LogP contribution in [-0.4, -0.2) is 34.6 Å². The quantitative estimate of drug-likeness (QED) is 0.392. The molecule has 0 saturated heterocycles. The highest BCUT2D eigenvalue weighted by Gasteiger charge is 2.28. The molecule has 2 aromatic carbocycles. The third-order valence-electron chi connectivity index (χ3n) is 5.89. The van der Waals surface area contributed by atoms with Crippen molar-refractivity contribution in [3.63, 3.8) is 0 Å². The minimum Gasteiger partial charge on any atom is -0.352 e. The lowest BCUT2D eigenvalue weighted by atomic mass is 9.95. The molecule has 0 spiro atoms. The third kappa shape index (κ3) is 7.81. The Bertz CT molecular complexity index is 946. The second-order valence-corrected chi connectivity index (χ2v) is 10.6. The fraction of sp³-hybridized carbons (Fsp3) is 0.440. The smallest absolute Gasteiger partial charge is 0.242 e. The predicted molar refractivity (Wildman–Crippen MR) is 139 cm³/mol. The highest BCUT2D eigenvalue weighted by atomic mass is 35.5. The summed E-state index contributed by atoms with van der Waals surface area (Å²) < 4.78 is 0. The van der Waals surface area contributed by atoms with E-state index in [0.717, 1.165) is 36.8 Å². The summed E-state index contributed by atoms with van der Waals surface area (Å²) in [6.45, 7) is 2.10. The lowest BCUT2D eigenvalue weighted by Crippen LogP contribution is -2.50. The molecule has 33 heavy (non-hydrogen) atoms. The summed E-state index contributed by atoms with van der Waals surface area (Å²) in [4.78, 5) is 27.9. The first-order valence-corrected chi connectivity index (χ1v) is 13.5. The van der Waals surface area contributed by atoms with Gasteiger partial charge < -0.3 is 10.2 Å². The standard InChI is InChI=1S/C25H29Cl3N2O2S/c1-17(25(32)29-20-9-3-2-4-10-20)30(14-18-7-5-8-19(26)13-18)24(31)16-33-15-21-22(27)11-6-12-23(21)28/h5-8,11-13,17,20H,2-4,9-10,14-16H2,1H3,(H,29,32)/t17-/m1/s1. The van der Waals surface area contributed by atoms with Crippen LogP contribution in [0.2, 0.25) is 15.1 Å². The van der Waals surface area contributed by atoms with Crippen LogP contribution in [0.15, 0.2) is 42.5 Å². The van der Waals surface area contributed by atoms with E-state index < -0.39 is 6.04 Å². The number of hydrogen-bond acceptors (Lipinski definition) is 3. The molecule has 1 N–H and O–H groups in total. The highest BCUT2D eigenvalue weighted by molar-refractivity contribution is 7.99. The predicted octanol–water partition coefficient (Wildman–Crippen LogP) is 6.75. The molecule has 178 valence electrons. The lowest BCUT2D eigenvalue weighted by molar-refractivity contribution is -0.139. The SMILES string of the molecule is C[C@H](C(=O)NC1CCCCC1)N(Cc1cccc(Cl)c1)C(=O)CSCc1c(Cl)cccc1Cl. The maximum atomic E-state index is 13.3. The Kier molecular flexibility index (Phi) is 10.2. The van der Waals surface area contributed by atoms with Crippen molar-refractivity contribution in [2.24, 2.45) is 0 Å². The Morgan fingerprint density at radius 1 is 1.06 bits per heavy atom. The van der Waals surface area contributed by atoms with E-state index in [4.69, 9.17) is 34.8 Å². The zero-order valence-electron chi connectivity index (χ0n) is 18.7. The molecule has 1 aliphatic rings. The van der Waals surface area contributed by atoms with Crippen LogP contribution in [0.5, 0.6) is 0 Å². The summed E-state index contributed by atoms with van der Waals surface area (Å²) in [6, 6.07) is 12.3. The van der Waals surface area contributed by atoms with Gasteiger partial charge in [-0.2, -0.15) is 0 Å². The number of benzene rings is 2. The van der Waals surface area contributed by atoms with Gasteiger partial charge in [0.05, 0.1) is 5.75 Å². The molecule has 0 radical (unpaired) electrons. The molecular weight excluding hydrogens is 499 g/mol. The van der Waals surface area contributed by atoms with Crippen LogP contribution >= 0.6 is 46.6 Å². The maximum Gasteiger partial charge on any atom is 0.242 e. The first-order chi connectivity index (χ1) is 15.8. The maximum absolute atomic E-state index is 13.3. The average Bonchev–Trinajstić information content (AvgIpc) is 2.79. The molecule has 1 atom stereocenters. The van der Waals surface area contributed by atoms with E-state index in [0.29, 0.717) is 27.4 Å². The average molecular weight is 528 g/mol. The van der Waals surface area contributed by atoms with E-state index in [-0.39, 0.29) is 23.6 Å². The second-order valence-electron chi connectivity index (χ2n) is 8.36. The number of hydrogen-bond donors (Lipinski definition) is 1. The summed E-state index contributed by atoms with van der Waals surface area (Å²) in [6.07, 6.45) is 5.47. The molecular formula is C25H29Cl3N2O2S. The number of halogens is 3. The minimum absolute atomic E-state index is 0.114. The molecule has 0 aliphatic heterocycles. The van der Waals surface area contributed by atoms with Gasteiger partial charge in [-0.15, -0.1) is 11.8 Å². The van der Waals surface area contributed by atoms with Gasteiger partial charge in [0.1, 0.15) is 6.04 Å². The summed E-state index contributed by atoms with van der Waals surface area (Å²) in [5, 5.41) is 4.91. The molecule has 1 fully saturated rings. The van der Waals surface area contributed by atoms with E-state index in [1.807, 2.05) is 18.2 Å². The van der Waals surface area contributed by atoms with Crippen molar-refractivity contribution in [1.82, 2.24) is 10.2 Å². The van der Waals surface area contributed by atoms with E-state index >= 15 is 0 Å². The Morgan fingerprint density at radius 2 is 1.73 bits per heavy atom. The molecule has 0 aromatic heterocycles. The number of thioether (sulfide) groups is 1. The van der Waals surface area contributed by atoms with Gasteiger partial charge in [-0.1, -0.05) is 72.3 Å². The van der Waals surface area contributed by atoms with Gasteiger partial charge in [0.15, 0.2) is 0 Å². The topological polar surface area (TPSA) is 49.4 Å². The first kappa shape index (κ1) is 26.2. The molecule has 0 bridgehead atoms. The Balaban J connectivity index is 1.68. The van der Waals surface area contributed by atoms with Crippen LogP contribution in [0.4, 0.5) is 0 Å². The van der Waals surface area contributed by atoms with Crippen LogP contribution in [-0.2, 0) is 21.9 Å². The van der Waals surface area contributed by atoms with Crippen LogP contribution < -0.4 is 5.32 Å². The van der Waals surface area contributed by atoms with Crippen molar-refractivity contribution in [2.45, 2.75) is 63.4 Å². The number of carbonyl (C=O) groups is 2. The van der Waals surface area contributed by atoms with E-state index in [1.54, 1.807) is 36.1 Å². The van der Waals surface area contributed by atoms with Gasteiger partial charge >= 0.3 is 0 Å². The van der Waals surface area contributed by atoms with Crippen molar-refractivity contribution in [1.29, 1.82) is 0 Å². The summed E-state index contributed by atoms with van der Waals surface area (Å²) in [5.74, 6) is 0.493. The Labute approximate surface area is 215 Å². The van der Waals surface area contributed by atoms with E-state index in [9.17, 15) is 9.59 Å². The van der Waals surface area contributed by atoms with Crippen LogP contribution in [0, 0.1) is 0 Å². The zero-order valence-corrected chi connectivity index (χ0v) is 21.7. The molecule has 0 heterocycles. The third-order valence-corrected chi connectivity index (χ3v) is 7.78. The Morgan fingerprint density at radius 3 is 2.39 bits per heavy atom. The van der Waals surface area contributed by atoms with Gasteiger partial charge in [0.25, 0.3) is 0 Å². The first-order valence-electron chi connectivity index (χ1n) is 11.2. The molecule has 3 rings (SSSR count). The van der Waals surface area contributed by atoms with Gasteiger partial charge in [-0.05, 0) is 55.2 Å². The molecule has 4 nitrogen and oxygen atoms in total. The second kappa shape index (κ2) is 12.9. The number of amides is 2.